The molecule has 3 aromatic rings. The molecule has 30 heavy (non-hydrogen) atoms. The highest BCUT2D eigenvalue weighted by Gasteiger charge is 2.34. The SMILES string of the molecule is CN=C(NCc1cccc(Cn2cncn2)c1)NCC1(c2cccs2)CCCCC1. The fourth-order valence-corrected chi connectivity index (χ4v) is 5.31. The molecule has 1 saturated carbocycles. The number of aliphatic imine (C=N–C) groups is 1. The third-order valence-corrected chi connectivity index (χ3v) is 7.05. The Kier molecular flexibility index (Phi) is 6.79. The van der Waals surface area contributed by atoms with Crippen LogP contribution in [-0.2, 0) is 18.5 Å². The first-order valence-electron chi connectivity index (χ1n) is 10.7. The van der Waals surface area contributed by atoms with Crippen molar-refractivity contribution in [2.24, 2.45) is 4.99 Å². The molecule has 0 spiro atoms. The molecule has 1 aromatic carbocycles. The summed E-state index contributed by atoms with van der Waals surface area (Å²) < 4.78 is 1.83. The van der Waals surface area contributed by atoms with E-state index in [0.717, 1.165) is 25.6 Å². The van der Waals surface area contributed by atoms with Crippen LogP contribution in [0.3, 0.4) is 0 Å². The topological polar surface area (TPSA) is 67.1 Å². The molecule has 2 heterocycles. The summed E-state index contributed by atoms with van der Waals surface area (Å²) in [5.74, 6) is 0.859. The van der Waals surface area contributed by atoms with E-state index in [1.807, 2.05) is 23.1 Å². The Morgan fingerprint density at radius 3 is 2.73 bits per heavy atom. The summed E-state index contributed by atoms with van der Waals surface area (Å²) in [5, 5.41) is 13.5. The minimum atomic E-state index is 0.238. The molecule has 158 valence electrons. The second kappa shape index (κ2) is 9.89. The Labute approximate surface area is 182 Å². The van der Waals surface area contributed by atoms with Gasteiger partial charge in [0.2, 0.25) is 0 Å². The Hall–Kier alpha value is -2.67. The summed E-state index contributed by atoms with van der Waals surface area (Å²) in [7, 11) is 1.84. The van der Waals surface area contributed by atoms with Gasteiger partial charge >= 0.3 is 0 Å². The summed E-state index contributed by atoms with van der Waals surface area (Å²) in [4.78, 5) is 9.97. The molecule has 0 saturated heterocycles. The molecule has 1 aliphatic carbocycles. The van der Waals surface area contributed by atoms with Crippen LogP contribution < -0.4 is 10.6 Å². The molecule has 0 atom stereocenters. The first-order chi connectivity index (χ1) is 14.8. The monoisotopic (exact) mass is 422 g/mol. The van der Waals surface area contributed by atoms with Crippen LogP contribution in [0.1, 0.15) is 48.1 Å². The number of thiophene rings is 1. The fourth-order valence-electron chi connectivity index (χ4n) is 4.32. The highest BCUT2D eigenvalue weighted by molar-refractivity contribution is 7.10. The molecule has 2 N–H and O–H groups in total. The number of benzene rings is 1. The van der Waals surface area contributed by atoms with E-state index >= 15 is 0 Å². The van der Waals surface area contributed by atoms with Crippen molar-refractivity contribution in [2.45, 2.75) is 50.6 Å². The number of rotatable bonds is 7. The predicted octanol–water partition coefficient (Wildman–Crippen LogP) is 3.96. The van der Waals surface area contributed by atoms with Gasteiger partial charge in [-0.25, -0.2) is 9.67 Å². The molecule has 6 nitrogen and oxygen atoms in total. The zero-order chi connectivity index (χ0) is 20.7. The Morgan fingerprint density at radius 2 is 2.00 bits per heavy atom. The predicted molar refractivity (Wildman–Crippen MR) is 123 cm³/mol. The number of nitrogens with zero attached hydrogens (tertiary/aromatic N) is 4. The second-order valence-corrected chi connectivity index (χ2v) is 8.96. The zero-order valence-corrected chi connectivity index (χ0v) is 18.4. The molecule has 2 aromatic heterocycles. The van der Waals surface area contributed by atoms with Crippen LogP contribution in [-0.4, -0.2) is 34.3 Å². The van der Waals surface area contributed by atoms with Crippen molar-refractivity contribution in [1.29, 1.82) is 0 Å². The lowest BCUT2D eigenvalue weighted by atomic mass is 9.73. The van der Waals surface area contributed by atoms with E-state index < -0.39 is 0 Å². The van der Waals surface area contributed by atoms with E-state index in [2.05, 4.69) is 67.5 Å². The van der Waals surface area contributed by atoms with Crippen molar-refractivity contribution in [1.82, 2.24) is 25.4 Å². The van der Waals surface area contributed by atoms with Gasteiger partial charge in [-0.15, -0.1) is 11.3 Å². The first kappa shape index (κ1) is 20.6. The van der Waals surface area contributed by atoms with Crippen LogP contribution in [0.25, 0.3) is 0 Å². The van der Waals surface area contributed by atoms with E-state index in [1.165, 1.54) is 48.1 Å². The molecule has 0 aliphatic heterocycles. The smallest absolute Gasteiger partial charge is 0.191 e. The number of nitrogens with one attached hydrogen (secondary N) is 2. The van der Waals surface area contributed by atoms with Crippen molar-refractivity contribution in [3.63, 3.8) is 0 Å². The Bertz CT molecular complexity index is 927. The molecule has 1 fully saturated rings. The van der Waals surface area contributed by atoms with Gasteiger partial charge in [0.15, 0.2) is 5.96 Å². The van der Waals surface area contributed by atoms with Gasteiger partial charge in [0, 0.05) is 30.4 Å². The summed E-state index contributed by atoms with van der Waals surface area (Å²) in [6, 6.07) is 13.0. The maximum Gasteiger partial charge on any atom is 0.191 e. The maximum absolute atomic E-state index is 4.46. The first-order valence-corrected chi connectivity index (χ1v) is 11.5. The molecule has 0 unspecified atom stereocenters. The highest BCUT2D eigenvalue weighted by Crippen LogP contribution is 2.41. The standard InChI is InChI=1S/C23H30N6S/c1-24-22(27-16-23(10-3-2-4-11-23)21-9-6-12-30-21)26-14-19-7-5-8-20(13-19)15-29-18-25-17-28-29/h5-9,12-13,17-18H,2-4,10-11,14-16H2,1H3,(H2,24,26,27). The Balaban J connectivity index is 1.35. The van der Waals surface area contributed by atoms with Gasteiger partial charge in [-0.05, 0) is 35.4 Å². The molecule has 4 rings (SSSR count). The summed E-state index contributed by atoms with van der Waals surface area (Å²) in [6.45, 7) is 2.39. The van der Waals surface area contributed by atoms with E-state index in [0.29, 0.717) is 0 Å². The van der Waals surface area contributed by atoms with E-state index in [-0.39, 0.29) is 5.41 Å². The molecular formula is C23H30N6S. The number of hydrogen-bond acceptors (Lipinski definition) is 4. The third kappa shape index (κ3) is 5.08. The minimum absolute atomic E-state index is 0.238. The van der Waals surface area contributed by atoms with E-state index in [4.69, 9.17) is 0 Å². The molecule has 0 radical (unpaired) electrons. The normalized spacial score (nSPS) is 16.4. The zero-order valence-electron chi connectivity index (χ0n) is 17.6. The van der Waals surface area contributed by atoms with Crippen molar-refractivity contribution < 1.29 is 0 Å². The van der Waals surface area contributed by atoms with E-state index in [1.54, 1.807) is 12.7 Å². The van der Waals surface area contributed by atoms with Crippen LogP contribution in [0, 0.1) is 0 Å². The lowest BCUT2D eigenvalue weighted by molar-refractivity contribution is 0.296. The van der Waals surface area contributed by atoms with Crippen LogP contribution >= 0.6 is 11.3 Å². The molecule has 7 heteroatoms. The fraction of sp³-hybridized carbons (Fsp3) is 0.435. The van der Waals surface area contributed by atoms with Crippen molar-refractivity contribution >= 4 is 17.3 Å². The molecular weight excluding hydrogens is 392 g/mol. The lowest BCUT2D eigenvalue weighted by Gasteiger charge is -2.37. The van der Waals surface area contributed by atoms with E-state index in [9.17, 15) is 0 Å². The summed E-state index contributed by atoms with van der Waals surface area (Å²) in [6.07, 6.45) is 9.78. The van der Waals surface area contributed by atoms with Crippen LogP contribution in [0.5, 0.6) is 0 Å². The quantitative estimate of drug-likeness (QED) is 0.447. The van der Waals surface area contributed by atoms with Gasteiger partial charge in [0.05, 0.1) is 6.54 Å². The Morgan fingerprint density at radius 1 is 1.13 bits per heavy atom. The van der Waals surface area contributed by atoms with Crippen molar-refractivity contribution in [2.75, 3.05) is 13.6 Å². The van der Waals surface area contributed by atoms with Gasteiger partial charge < -0.3 is 10.6 Å². The van der Waals surface area contributed by atoms with Gasteiger partial charge in [-0.2, -0.15) is 5.10 Å². The lowest BCUT2D eigenvalue weighted by Crippen LogP contribution is -2.46. The molecule has 0 bridgehead atoms. The number of hydrogen-bond donors (Lipinski definition) is 2. The van der Waals surface area contributed by atoms with Gasteiger partial charge in [-0.3, -0.25) is 4.99 Å². The van der Waals surface area contributed by atoms with Gasteiger partial charge in [0.25, 0.3) is 0 Å². The summed E-state index contributed by atoms with van der Waals surface area (Å²) >= 11 is 1.89. The maximum atomic E-state index is 4.46. The van der Waals surface area contributed by atoms with Crippen LogP contribution in [0.2, 0.25) is 0 Å². The minimum Gasteiger partial charge on any atom is -0.355 e. The number of aromatic nitrogens is 3. The second-order valence-electron chi connectivity index (χ2n) is 8.01. The van der Waals surface area contributed by atoms with Gasteiger partial charge in [-0.1, -0.05) is 49.6 Å². The van der Waals surface area contributed by atoms with Crippen LogP contribution in [0.15, 0.2) is 59.4 Å². The molecule has 0 amide bonds. The summed E-state index contributed by atoms with van der Waals surface area (Å²) in [5.41, 5.74) is 2.67. The van der Waals surface area contributed by atoms with Crippen LogP contribution in [0.4, 0.5) is 0 Å². The largest absolute Gasteiger partial charge is 0.355 e. The van der Waals surface area contributed by atoms with Crippen molar-refractivity contribution in [3.05, 3.63) is 70.4 Å². The average molecular weight is 423 g/mol. The highest BCUT2D eigenvalue weighted by atomic mass is 32.1. The third-order valence-electron chi connectivity index (χ3n) is 5.93. The van der Waals surface area contributed by atoms with Gasteiger partial charge in [0.1, 0.15) is 12.7 Å². The molecule has 1 aliphatic rings. The van der Waals surface area contributed by atoms with Crippen molar-refractivity contribution in [3.8, 4) is 0 Å². The average Bonchev–Trinajstić information content (AvgIpc) is 3.50. The number of guanidine groups is 1.